The average molecular weight is 123 g/mol. The summed E-state index contributed by atoms with van der Waals surface area (Å²) in [6, 6.07) is 0. The highest BCUT2D eigenvalue weighted by atomic mass is 19.3. The zero-order chi connectivity index (χ0) is 6.57. The van der Waals surface area contributed by atoms with Crippen LogP contribution in [0, 0.1) is 0 Å². The molecule has 0 atom stereocenters. The van der Waals surface area contributed by atoms with Crippen LogP contribution in [0.5, 0.6) is 0 Å². The van der Waals surface area contributed by atoms with Crippen LogP contribution in [0.15, 0.2) is 0 Å². The van der Waals surface area contributed by atoms with Gasteiger partial charge in [-0.25, -0.2) is 4.79 Å². The Bertz CT molecular complexity index is 99.9. The van der Waals surface area contributed by atoms with Gasteiger partial charge >= 0.3 is 5.97 Å². The monoisotopic (exact) mass is 123 g/mol. The van der Waals surface area contributed by atoms with Gasteiger partial charge in [0.05, 0.1) is 0 Å². The Hall–Kier alpha value is -0.935. The highest BCUT2D eigenvalue weighted by molar-refractivity contribution is 6.83. The molecule has 6 heteroatoms. The number of halogens is 2. The van der Waals surface area contributed by atoms with Crippen molar-refractivity contribution >= 4 is 19.2 Å². The summed E-state index contributed by atoms with van der Waals surface area (Å²) in [5.41, 5.74) is -1.40. The fraction of sp³-hybridized carbons (Fsp3) is 0. The molecule has 0 unspecified atom stereocenters. The molecule has 0 aliphatic heterocycles. The third-order valence-corrected chi connectivity index (χ3v) is 0.529. The van der Waals surface area contributed by atoms with Crippen molar-refractivity contribution in [3.05, 3.63) is 0 Å². The van der Waals surface area contributed by atoms with E-state index >= 15 is 0 Å². The summed E-state index contributed by atoms with van der Waals surface area (Å²) in [5, 5.41) is 0. The van der Waals surface area contributed by atoms with Crippen LogP contribution in [0.2, 0.25) is 0 Å². The molecule has 0 bridgehead atoms. The molecule has 0 spiro atoms. The summed E-state index contributed by atoms with van der Waals surface area (Å²) in [6.07, 6.45) is 0. The molecule has 0 N–H and O–H groups in total. The summed E-state index contributed by atoms with van der Waals surface area (Å²) in [7, 11) is -2.47. The van der Waals surface area contributed by atoms with E-state index in [-0.39, 0.29) is 0 Å². The first-order chi connectivity index (χ1) is 3.72. The van der Waals surface area contributed by atoms with Gasteiger partial charge in [-0.2, -0.15) is 0 Å². The maximum Gasteiger partial charge on any atom is 0.376 e. The summed E-state index contributed by atoms with van der Waals surface area (Å²) in [4.78, 5) is 21.7. The number of carbonyl (C=O) groups excluding carboxylic acids is 2. The quantitative estimate of drug-likeness (QED) is 0.349. The number of hydrogen-bond acceptors (Lipinski definition) is 3. The Morgan fingerprint density at radius 1 is 1.50 bits per heavy atom. The smallest absolute Gasteiger partial charge is 0.376 e. The lowest BCUT2D eigenvalue weighted by atomic mass is 9.98. The maximum atomic E-state index is 11.1. The summed E-state index contributed by atoms with van der Waals surface area (Å²) >= 11 is 0. The Morgan fingerprint density at radius 2 is 2.00 bits per heavy atom. The molecule has 0 aromatic carbocycles. The van der Waals surface area contributed by atoms with Gasteiger partial charge in [-0.05, 0) is 0 Å². The van der Waals surface area contributed by atoms with Gasteiger partial charge in [0.1, 0.15) is 5.68 Å². The van der Waals surface area contributed by atoms with E-state index in [0.717, 1.165) is 0 Å². The molecule has 0 rings (SSSR count). The lowest BCUT2D eigenvalue weighted by Gasteiger charge is -1.89. The SMILES string of the molecule is O=C([BH2-]F)C(=O)OF. The van der Waals surface area contributed by atoms with Crippen molar-refractivity contribution in [1.82, 2.24) is 0 Å². The van der Waals surface area contributed by atoms with Crippen LogP contribution < -0.4 is 0 Å². The van der Waals surface area contributed by atoms with Crippen LogP contribution >= 0.6 is 0 Å². The van der Waals surface area contributed by atoms with Gasteiger partial charge in [-0.3, -0.25) is 4.94 Å². The zero-order valence-corrected chi connectivity index (χ0v) is 3.98. The van der Waals surface area contributed by atoms with Crippen molar-refractivity contribution in [3.8, 4) is 0 Å². The van der Waals surface area contributed by atoms with Gasteiger partial charge in [0.15, 0.2) is 0 Å². The first-order valence-corrected chi connectivity index (χ1v) is 1.89. The van der Waals surface area contributed by atoms with Crippen LogP contribution in [0.4, 0.5) is 8.84 Å². The Labute approximate surface area is 43.8 Å². The Morgan fingerprint density at radius 3 is 2.12 bits per heavy atom. The van der Waals surface area contributed by atoms with Crippen LogP contribution in [-0.4, -0.2) is 19.2 Å². The topological polar surface area (TPSA) is 43.4 Å². The van der Waals surface area contributed by atoms with Gasteiger partial charge in [0.2, 0.25) is 7.56 Å². The van der Waals surface area contributed by atoms with Crippen molar-refractivity contribution in [2.75, 3.05) is 0 Å². The molecule has 0 aromatic rings. The van der Waals surface area contributed by atoms with Crippen LogP contribution in [0.1, 0.15) is 0 Å². The van der Waals surface area contributed by atoms with E-state index in [1.165, 1.54) is 0 Å². The van der Waals surface area contributed by atoms with Gasteiger partial charge in [0, 0.05) is 4.53 Å². The van der Waals surface area contributed by atoms with E-state index in [1.807, 2.05) is 0 Å². The van der Waals surface area contributed by atoms with Crippen molar-refractivity contribution in [1.29, 1.82) is 0 Å². The fourth-order valence-electron chi connectivity index (χ4n) is 0.131. The van der Waals surface area contributed by atoms with Gasteiger partial charge < -0.3 is 9.11 Å². The normalized spacial score (nSPS) is 8.25. The highest BCUT2D eigenvalue weighted by Gasteiger charge is 2.07. The molecule has 0 radical (unpaired) electrons. The first kappa shape index (κ1) is 7.06. The van der Waals surface area contributed by atoms with Crippen LogP contribution in [0.3, 0.4) is 0 Å². The van der Waals surface area contributed by atoms with E-state index < -0.39 is 19.2 Å². The third kappa shape index (κ3) is 1.68. The third-order valence-electron chi connectivity index (χ3n) is 0.529. The van der Waals surface area contributed by atoms with E-state index in [1.54, 1.807) is 0 Å². The Kier molecular flexibility index (Phi) is 2.75. The zero-order valence-electron chi connectivity index (χ0n) is 3.98. The van der Waals surface area contributed by atoms with Gasteiger partial charge in [-0.15, -0.1) is 0 Å². The molecule has 0 aromatic heterocycles. The molecule has 3 nitrogen and oxygen atoms in total. The molecule has 0 saturated heterocycles. The number of hydrogen-bond donors (Lipinski definition) is 0. The standard InChI is InChI=1S/C2H2BF2O3/c4-3-1(6)2(7)8-5/h3H2/q-1. The second-order valence-electron chi connectivity index (χ2n) is 1.11. The largest absolute Gasteiger partial charge is 0.515 e. The van der Waals surface area contributed by atoms with Crippen LogP contribution in [-0.2, 0) is 14.5 Å². The van der Waals surface area contributed by atoms with Gasteiger partial charge in [0.25, 0.3) is 0 Å². The molecule has 0 aliphatic rings. The van der Waals surface area contributed by atoms with E-state index in [0.29, 0.717) is 0 Å². The molecule has 0 aliphatic carbocycles. The minimum Gasteiger partial charge on any atom is -0.515 e. The number of carbonyl (C=O) groups is 2. The summed E-state index contributed by atoms with van der Waals surface area (Å²) in [5.74, 6) is -1.74. The van der Waals surface area contributed by atoms with Crippen molar-refractivity contribution < 1.29 is 23.4 Å². The summed E-state index contributed by atoms with van der Waals surface area (Å²) < 4.78 is 21.7. The highest BCUT2D eigenvalue weighted by Crippen LogP contribution is 1.79. The fourth-order valence-corrected chi connectivity index (χ4v) is 0.131. The minimum atomic E-state index is -2.47. The molecular weight excluding hydrogens is 121 g/mol. The lowest BCUT2D eigenvalue weighted by Crippen LogP contribution is -2.17. The van der Waals surface area contributed by atoms with Gasteiger partial charge in [-0.1, -0.05) is 0 Å². The van der Waals surface area contributed by atoms with Crippen molar-refractivity contribution in [3.63, 3.8) is 0 Å². The predicted molar refractivity (Wildman–Crippen MR) is 21.9 cm³/mol. The number of rotatable bonds is 2. The second-order valence-corrected chi connectivity index (χ2v) is 1.11. The molecule has 0 amide bonds. The maximum absolute atomic E-state index is 11.1. The minimum absolute atomic E-state index is 1.40. The van der Waals surface area contributed by atoms with E-state index in [9.17, 15) is 18.4 Å². The molecule has 0 saturated carbocycles. The van der Waals surface area contributed by atoms with Crippen molar-refractivity contribution in [2.45, 2.75) is 0 Å². The molecule has 0 fully saturated rings. The van der Waals surface area contributed by atoms with Crippen LogP contribution in [0.25, 0.3) is 0 Å². The Balaban J connectivity index is 3.64. The molecular formula is C2H2BF2O3-. The summed E-state index contributed by atoms with van der Waals surface area (Å²) in [6.45, 7) is 0. The van der Waals surface area contributed by atoms with E-state index in [2.05, 4.69) is 4.94 Å². The first-order valence-electron chi connectivity index (χ1n) is 1.89. The van der Waals surface area contributed by atoms with E-state index in [4.69, 9.17) is 0 Å². The lowest BCUT2D eigenvalue weighted by molar-refractivity contribution is -0.183. The van der Waals surface area contributed by atoms with Crippen molar-refractivity contribution in [2.24, 2.45) is 0 Å². The molecule has 46 valence electrons. The predicted octanol–water partition coefficient (Wildman–Crippen LogP) is -1.01. The molecule has 8 heavy (non-hydrogen) atoms. The average Bonchev–Trinajstić information content (AvgIpc) is 1.84. The molecule has 0 heterocycles. The second kappa shape index (κ2) is 3.12.